The van der Waals surface area contributed by atoms with E-state index in [-0.39, 0.29) is 34.7 Å². The second kappa shape index (κ2) is 7.13. The molecule has 1 heterocycles. The molecular formula is C20H19FN4O5. The molecule has 0 unspecified atom stereocenters. The number of nitro benzene ring substituents is 1. The molecule has 3 aromatic rings. The van der Waals surface area contributed by atoms with Crippen LogP contribution in [0.5, 0.6) is 0 Å². The normalized spacial score (nSPS) is 14.1. The number of nitrogens with zero attached hydrogens (tertiary/aromatic N) is 4. The van der Waals surface area contributed by atoms with Crippen molar-refractivity contribution in [3.05, 3.63) is 51.8 Å². The summed E-state index contributed by atoms with van der Waals surface area (Å²) in [5.74, 6) is -0.793. The van der Waals surface area contributed by atoms with Crippen LogP contribution >= 0.6 is 0 Å². The monoisotopic (exact) mass is 414 g/mol. The van der Waals surface area contributed by atoms with Crippen LogP contribution in [0.25, 0.3) is 11.0 Å². The summed E-state index contributed by atoms with van der Waals surface area (Å²) in [7, 11) is 0. The Balaban J connectivity index is 1.93. The summed E-state index contributed by atoms with van der Waals surface area (Å²) >= 11 is 0. The number of aliphatic hydroxyl groups is 1. The van der Waals surface area contributed by atoms with Crippen LogP contribution in [0.2, 0.25) is 0 Å². The zero-order valence-electron chi connectivity index (χ0n) is 16.3. The lowest BCUT2D eigenvalue weighted by molar-refractivity contribution is -0.383. The predicted molar refractivity (Wildman–Crippen MR) is 105 cm³/mol. The third-order valence-corrected chi connectivity index (χ3v) is 4.89. The lowest BCUT2D eigenvalue weighted by Gasteiger charge is -2.28. The molecule has 1 aliphatic rings. The fraction of sp³-hybridized carbons (Fsp3) is 0.350. The molecule has 4 rings (SSSR count). The first-order chi connectivity index (χ1) is 14.2. The number of amides is 1. The van der Waals surface area contributed by atoms with Crippen molar-refractivity contribution in [2.45, 2.75) is 44.6 Å². The molecule has 1 N–H and O–H groups in total. The number of hydrogen-bond donors (Lipinski definition) is 1. The summed E-state index contributed by atoms with van der Waals surface area (Å²) in [6, 6.07) is 6.72. The molecule has 1 amide bonds. The molecule has 30 heavy (non-hydrogen) atoms. The van der Waals surface area contributed by atoms with Crippen molar-refractivity contribution in [2.24, 2.45) is 0 Å². The van der Waals surface area contributed by atoms with E-state index >= 15 is 0 Å². The highest BCUT2D eigenvalue weighted by molar-refractivity contribution is 6.08. The third kappa shape index (κ3) is 3.73. The van der Waals surface area contributed by atoms with E-state index in [1.54, 1.807) is 0 Å². The zero-order valence-corrected chi connectivity index (χ0v) is 16.3. The number of non-ortho nitro benzene ring substituents is 1. The van der Waals surface area contributed by atoms with Gasteiger partial charge in [-0.3, -0.25) is 19.8 Å². The molecule has 156 valence electrons. The van der Waals surface area contributed by atoms with Gasteiger partial charge >= 0.3 is 5.69 Å². The molecule has 0 aliphatic heterocycles. The number of benzene rings is 2. The van der Waals surface area contributed by atoms with E-state index in [0.717, 1.165) is 12.8 Å². The van der Waals surface area contributed by atoms with Gasteiger partial charge in [0.2, 0.25) is 11.4 Å². The largest absolute Gasteiger partial charge is 0.390 e. The number of carbonyl (C=O) groups excluding carboxylic acids is 1. The van der Waals surface area contributed by atoms with E-state index in [1.807, 2.05) is 0 Å². The van der Waals surface area contributed by atoms with Crippen molar-refractivity contribution in [3.8, 4) is 0 Å². The van der Waals surface area contributed by atoms with E-state index in [4.69, 9.17) is 4.63 Å². The minimum atomic E-state index is -1.31. The second-order valence-electron chi connectivity index (χ2n) is 8.02. The summed E-state index contributed by atoms with van der Waals surface area (Å²) in [5, 5.41) is 28.9. The zero-order chi connectivity index (χ0) is 21.6. The molecule has 0 bridgehead atoms. The number of rotatable bonds is 6. The first-order valence-electron chi connectivity index (χ1n) is 9.40. The van der Waals surface area contributed by atoms with Gasteiger partial charge in [0.25, 0.3) is 0 Å². The quantitative estimate of drug-likeness (QED) is 0.478. The van der Waals surface area contributed by atoms with Crippen LogP contribution in [0.1, 0.15) is 44.6 Å². The number of hydrogen-bond acceptors (Lipinski definition) is 7. The Morgan fingerprint density at radius 2 is 1.93 bits per heavy atom. The van der Waals surface area contributed by atoms with Gasteiger partial charge in [-0.05, 0) is 72.7 Å². The van der Waals surface area contributed by atoms with Crippen LogP contribution in [-0.2, 0) is 4.79 Å². The van der Waals surface area contributed by atoms with Crippen LogP contribution < -0.4 is 4.90 Å². The molecule has 2 aromatic carbocycles. The molecule has 1 aromatic heterocycles. The van der Waals surface area contributed by atoms with Crippen molar-refractivity contribution in [1.82, 2.24) is 10.3 Å². The standard InChI is InChI=1S/C20H19FN4O5/c1-20(2,27)10-17(26)24(14-6-5-12(21)9-13(14)11-3-4-11)15-7-8-16(25(28)29)19-18(15)22-30-23-19/h5-9,11,27H,3-4,10H2,1-2H3. The third-order valence-electron chi connectivity index (χ3n) is 4.89. The highest BCUT2D eigenvalue weighted by Gasteiger charge is 2.34. The van der Waals surface area contributed by atoms with Crippen molar-refractivity contribution < 1.29 is 23.8 Å². The van der Waals surface area contributed by atoms with E-state index in [2.05, 4.69) is 10.3 Å². The average Bonchev–Trinajstić information content (AvgIpc) is 3.37. The van der Waals surface area contributed by atoms with E-state index in [0.29, 0.717) is 11.3 Å². The van der Waals surface area contributed by atoms with Crippen LogP contribution in [0.3, 0.4) is 0 Å². The van der Waals surface area contributed by atoms with Gasteiger partial charge in [-0.25, -0.2) is 9.02 Å². The maximum atomic E-state index is 14.0. The minimum Gasteiger partial charge on any atom is -0.390 e. The number of nitro groups is 1. The van der Waals surface area contributed by atoms with Gasteiger partial charge in [-0.15, -0.1) is 0 Å². The Morgan fingerprint density at radius 3 is 2.57 bits per heavy atom. The highest BCUT2D eigenvalue weighted by Crippen LogP contribution is 2.47. The van der Waals surface area contributed by atoms with Crippen LogP contribution in [0, 0.1) is 15.9 Å². The highest BCUT2D eigenvalue weighted by atomic mass is 19.1. The second-order valence-corrected chi connectivity index (χ2v) is 8.02. The Morgan fingerprint density at radius 1 is 1.27 bits per heavy atom. The van der Waals surface area contributed by atoms with E-state index in [9.17, 15) is 24.4 Å². The predicted octanol–water partition coefficient (Wildman–Crippen LogP) is 3.97. The smallest absolute Gasteiger partial charge is 0.300 e. The minimum absolute atomic E-state index is 0.0272. The summed E-state index contributed by atoms with van der Waals surface area (Å²) in [4.78, 5) is 25.3. The van der Waals surface area contributed by atoms with Crippen LogP contribution in [0.4, 0.5) is 21.5 Å². The first kappa shape index (κ1) is 19.9. The first-order valence-corrected chi connectivity index (χ1v) is 9.40. The molecule has 0 spiro atoms. The van der Waals surface area contributed by atoms with Gasteiger partial charge in [0.15, 0.2) is 5.52 Å². The molecular weight excluding hydrogens is 395 g/mol. The number of anilines is 2. The number of carbonyl (C=O) groups is 1. The maximum absolute atomic E-state index is 14.0. The van der Waals surface area contributed by atoms with Gasteiger partial charge < -0.3 is 5.11 Å². The molecule has 0 saturated heterocycles. The van der Waals surface area contributed by atoms with E-state index < -0.39 is 22.2 Å². The number of aromatic nitrogens is 2. The Kier molecular flexibility index (Phi) is 4.73. The molecule has 0 atom stereocenters. The molecule has 1 saturated carbocycles. The molecule has 9 nitrogen and oxygen atoms in total. The fourth-order valence-corrected chi connectivity index (χ4v) is 3.47. The van der Waals surface area contributed by atoms with Crippen molar-refractivity contribution in [3.63, 3.8) is 0 Å². The Bertz CT molecular complexity index is 1150. The topological polar surface area (TPSA) is 123 Å². The molecule has 1 aliphatic carbocycles. The maximum Gasteiger partial charge on any atom is 0.300 e. The van der Waals surface area contributed by atoms with Crippen molar-refractivity contribution >= 4 is 34.0 Å². The van der Waals surface area contributed by atoms with Crippen LogP contribution in [0.15, 0.2) is 35.0 Å². The van der Waals surface area contributed by atoms with Crippen molar-refractivity contribution in [1.29, 1.82) is 0 Å². The van der Waals surface area contributed by atoms with Gasteiger partial charge in [-0.1, -0.05) is 0 Å². The SMILES string of the molecule is CC(C)(O)CC(=O)N(c1ccc(F)cc1C1CC1)c1ccc([N+](=O)[O-])c2nonc12. The van der Waals surface area contributed by atoms with Gasteiger partial charge in [-0.2, -0.15) is 0 Å². The van der Waals surface area contributed by atoms with Crippen LogP contribution in [-0.4, -0.2) is 31.9 Å². The molecule has 1 fully saturated rings. The summed E-state index contributed by atoms with van der Waals surface area (Å²) in [6.07, 6.45) is 1.49. The van der Waals surface area contributed by atoms with Gasteiger partial charge in [0.05, 0.1) is 28.3 Å². The van der Waals surface area contributed by atoms with Crippen molar-refractivity contribution in [2.75, 3.05) is 4.90 Å². The lowest BCUT2D eigenvalue weighted by Crippen LogP contribution is -2.34. The number of fused-ring (bicyclic) bond motifs is 1. The molecule has 10 heteroatoms. The molecule has 0 radical (unpaired) electrons. The summed E-state index contributed by atoms with van der Waals surface area (Å²) in [5.41, 5.74) is -0.399. The van der Waals surface area contributed by atoms with E-state index in [1.165, 1.54) is 49.1 Å². The summed E-state index contributed by atoms with van der Waals surface area (Å²) in [6.45, 7) is 3.00. The lowest BCUT2D eigenvalue weighted by atomic mass is 10.0. The number of halogens is 1. The average molecular weight is 414 g/mol. The Hall–Kier alpha value is -3.40. The fourth-order valence-electron chi connectivity index (χ4n) is 3.47. The summed E-state index contributed by atoms with van der Waals surface area (Å²) < 4.78 is 18.7. The Labute approximate surface area is 170 Å². The van der Waals surface area contributed by atoms with Gasteiger partial charge in [0.1, 0.15) is 5.82 Å². The van der Waals surface area contributed by atoms with Gasteiger partial charge in [0, 0.05) is 6.07 Å².